The molecule has 0 aliphatic heterocycles. The number of pyridine rings is 1. The van der Waals surface area contributed by atoms with Crippen LogP contribution in [-0.4, -0.2) is 9.97 Å². The number of thiazole rings is 1. The van der Waals surface area contributed by atoms with E-state index in [1.54, 1.807) is 23.0 Å². The van der Waals surface area contributed by atoms with E-state index in [4.69, 9.17) is 0 Å². The third-order valence-electron chi connectivity index (χ3n) is 1.19. The van der Waals surface area contributed by atoms with E-state index in [0.29, 0.717) is 0 Å². The molecule has 2 aromatic heterocycles. The summed E-state index contributed by atoms with van der Waals surface area (Å²) in [6, 6.07) is 1.89. The van der Waals surface area contributed by atoms with Gasteiger partial charge in [0.1, 0.15) is 10.3 Å². The third-order valence-corrected chi connectivity index (χ3v) is 2.56. The lowest BCUT2D eigenvalue weighted by atomic mass is 10.5. The van der Waals surface area contributed by atoms with E-state index in [0.717, 1.165) is 14.8 Å². The highest BCUT2D eigenvalue weighted by molar-refractivity contribution is 9.10. The van der Waals surface area contributed by atoms with Crippen LogP contribution in [0.4, 0.5) is 0 Å². The number of rotatable bonds is 0. The van der Waals surface area contributed by atoms with Gasteiger partial charge in [-0.25, -0.2) is 9.97 Å². The van der Waals surface area contributed by atoms with E-state index < -0.39 is 0 Å². The highest BCUT2D eigenvalue weighted by Crippen LogP contribution is 2.22. The molecule has 0 spiro atoms. The zero-order chi connectivity index (χ0) is 6.97. The molecule has 0 aromatic carbocycles. The minimum atomic E-state index is 0.951. The molecular weight excluding hydrogens is 212 g/mol. The van der Waals surface area contributed by atoms with Crippen molar-refractivity contribution in [3.05, 3.63) is 22.2 Å². The Labute approximate surface area is 70.1 Å². The summed E-state index contributed by atoms with van der Waals surface area (Å²) in [6.45, 7) is 0. The maximum atomic E-state index is 4.13. The molecule has 2 nitrogen and oxygen atoms in total. The Morgan fingerprint density at radius 3 is 3.10 bits per heavy atom. The van der Waals surface area contributed by atoms with Gasteiger partial charge < -0.3 is 0 Å². The Bertz CT molecular complexity index is 357. The zero-order valence-electron chi connectivity index (χ0n) is 4.91. The molecular formula is C6H3BrN2S. The van der Waals surface area contributed by atoms with Crippen molar-refractivity contribution in [2.45, 2.75) is 0 Å². The summed E-state index contributed by atoms with van der Waals surface area (Å²) in [5.74, 6) is 0. The molecule has 0 fully saturated rings. The van der Waals surface area contributed by atoms with Gasteiger partial charge in [-0.3, -0.25) is 0 Å². The molecule has 0 radical (unpaired) electrons. The average molecular weight is 215 g/mol. The zero-order valence-corrected chi connectivity index (χ0v) is 7.32. The largest absolute Gasteiger partial charge is 0.244 e. The van der Waals surface area contributed by atoms with E-state index >= 15 is 0 Å². The molecule has 0 unspecified atom stereocenters. The van der Waals surface area contributed by atoms with Gasteiger partial charge in [-0.05, 0) is 22.0 Å². The second-order valence-corrected chi connectivity index (χ2v) is 3.49. The first kappa shape index (κ1) is 6.24. The van der Waals surface area contributed by atoms with Crippen LogP contribution in [0.25, 0.3) is 10.3 Å². The Morgan fingerprint density at radius 1 is 1.40 bits per heavy atom. The monoisotopic (exact) mass is 214 g/mol. The van der Waals surface area contributed by atoms with Crippen LogP contribution in [0.15, 0.2) is 22.2 Å². The molecule has 50 valence electrons. The van der Waals surface area contributed by atoms with Gasteiger partial charge in [0.25, 0.3) is 0 Å². The summed E-state index contributed by atoms with van der Waals surface area (Å²) < 4.78 is 1.01. The van der Waals surface area contributed by atoms with E-state index in [1.165, 1.54) is 0 Å². The molecule has 4 heteroatoms. The van der Waals surface area contributed by atoms with Crippen LogP contribution < -0.4 is 0 Å². The fourth-order valence-electron chi connectivity index (χ4n) is 0.745. The van der Waals surface area contributed by atoms with Crippen LogP contribution in [0.5, 0.6) is 0 Å². The third kappa shape index (κ3) is 0.839. The fourth-order valence-corrected chi connectivity index (χ4v) is 1.94. The smallest absolute Gasteiger partial charge is 0.144 e. The highest BCUT2D eigenvalue weighted by Gasteiger charge is 1.99. The Hall–Kier alpha value is -0.480. The normalized spacial score (nSPS) is 10.5. The quantitative estimate of drug-likeness (QED) is 0.674. The van der Waals surface area contributed by atoms with Gasteiger partial charge in [0.15, 0.2) is 0 Å². The number of hydrogen-bond acceptors (Lipinski definition) is 3. The lowest BCUT2D eigenvalue weighted by molar-refractivity contribution is 1.39. The minimum Gasteiger partial charge on any atom is -0.244 e. The molecule has 0 N–H and O–H groups in total. The van der Waals surface area contributed by atoms with Gasteiger partial charge in [0.05, 0.1) is 5.51 Å². The van der Waals surface area contributed by atoms with Crippen molar-refractivity contribution < 1.29 is 0 Å². The lowest BCUT2D eigenvalue weighted by Crippen LogP contribution is -1.72. The maximum absolute atomic E-state index is 4.13. The van der Waals surface area contributed by atoms with Crippen LogP contribution in [0.2, 0.25) is 0 Å². The van der Waals surface area contributed by atoms with E-state index in [1.807, 2.05) is 6.07 Å². The van der Waals surface area contributed by atoms with Crippen LogP contribution in [0, 0.1) is 0 Å². The van der Waals surface area contributed by atoms with Crippen molar-refractivity contribution in [1.82, 2.24) is 9.97 Å². The molecule has 0 saturated heterocycles. The molecule has 2 aromatic rings. The highest BCUT2D eigenvalue weighted by atomic mass is 79.9. The lowest BCUT2D eigenvalue weighted by Gasteiger charge is -1.87. The van der Waals surface area contributed by atoms with Crippen molar-refractivity contribution in [2.24, 2.45) is 0 Å². The minimum absolute atomic E-state index is 0.951. The molecule has 0 amide bonds. The van der Waals surface area contributed by atoms with Gasteiger partial charge in [-0.1, -0.05) is 0 Å². The first-order valence-electron chi connectivity index (χ1n) is 2.71. The summed E-state index contributed by atoms with van der Waals surface area (Å²) in [6.07, 6.45) is 1.77. The van der Waals surface area contributed by atoms with Crippen molar-refractivity contribution in [2.75, 3.05) is 0 Å². The maximum Gasteiger partial charge on any atom is 0.144 e. The summed E-state index contributed by atoms with van der Waals surface area (Å²) in [5.41, 5.74) is 2.75. The van der Waals surface area contributed by atoms with E-state index in [9.17, 15) is 0 Å². The molecule has 0 saturated carbocycles. The number of halogens is 1. The number of fused-ring (bicyclic) bond motifs is 1. The van der Waals surface area contributed by atoms with Gasteiger partial charge in [-0.2, -0.15) is 0 Å². The average Bonchev–Trinajstić information content (AvgIpc) is 2.36. The first-order chi connectivity index (χ1) is 4.88. The molecule has 0 atom stereocenters. The van der Waals surface area contributed by atoms with E-state index in [2.05, 4.69) is 25.9 Å². The van der Waals surface area contributed by atoms with Gasteiger partial charge >= 0.3 is 0 Å². The van der Waals surface area contributed by atoms with Gasteiger partial charge in [-0.15, -0.1) is 11.3 Å². The Kier molecular flexibility index (Phi) is 1.43. The summed E-state index contributed by atoms with van der Waals surface area (Å²) in [4.78, 5) is 9.24. The molecule has 2 heterocycles. The van der Waals surface area contributed by atoms with Gasteiger partial charge in [0, 0.05) is 10.7 Å². The molecule has 0 bridgehead atoms. The predicted molar refractivity (Wildman–Crippen MR) is 45.1 cm³/mol. The molecule has 0 aliphatic rings. The molecule has 2 rings (SSSR count). The van der Waals surface area contributed by atoms with E-state index in [-0.39, 0.29) is 0 Å². The van der Waals surface area contributed by atoms with Crippen LogP contribution in [0.1, 0.15) is 0 Å². The number of nitrogens with zero attached hydrogens (tertiary/aromatic N) is 2. The van der Waals surface area contributed by atoms with Crippen molar-refractivity contribution in [3.63, 3.8) is 0 Å². The SMILES string of the molecule is Brc1ccnc2scnc12. The Morgan fingerprint density at radius 2 is 2.30 bits per heavy atom. The first-order valence-corrected chi connectivity index (χ1v) is 4.39. The fraction of sp³-hybridized carbons (Fsp3) is 0. The summed E-state index contributed by atoms with van der Waals surface area (Å²) in [5, 5.41) is 0. The summed E-state index contributed by atoms with van der Waals surface area (Å²) >= 11 is 4.93. The Balaban J connectivity index is 2.95. The van der Waals surface area contributed by atoms with Crippen LogP contribution >= 0.6 is 27.3 Å². The second-order valence-electron chi connectivity index (χ2n) is 1.80. The van der Waals surface area contributed by atoms with Gasteiger partial charge in [0.2, 0.25) is 0 Å². The van der Waals surface area contributed by atoms with Crippen molar-refractivity contribution in [1.29, 1.82) is 0 Å². The molecule has 10 heavy (non-hydrogen) atoms. The number of hydrogen-bond donors (Lipinski definition) is 0. The standard InChI is InChI=1S/C6H3BrN2S/c7-4-1-2-8-6-5(4)9-3-10-6/h1-3H. The van der Waals surface area contributed by atoms with Crippen molar-refractivity contribution >= 4 is 37.6 Å². The predicted octanol–water partition coefficient (Wildman–Crippen LogP) is 2.45. The van der Waals surface area contributed by atoms with Crippen LogP contribution in [-0.2, 0) is 0 Å². The second kappa shape index (κ2) is 2.29. The summed E-state index contributed by atoms with van der Waals surface area (Å²) in [7, 11) is 0. The van der Waals surface area contributed by atoms with Crippen molar-refractivity contribution in [3.8, 4) is 0 Å². The molecule has 0 aliphatic carbocycles. The number of aromatic nitrogens is 2. The van der Waals surface area contributed by atoms with Crippen LogP contribution in [0.3, 0.4) is 0 Å². The topological polar surface area (TPSA) is 25.8 Å².